The Hall–Kier alpha value is -0.910. The molecule has 0 saturated heterocycles. The van der Waals surface area contributed by atoms with Crippen LogP contribution < -0.4 is 5.73 Å². The number of hydrogen-bond donors (Lipinski definition) is 3. The first-order chi connectivity index (χ1) is 6.67. The number of nitrogens with zero attached hydrogens (tertiary/aromatic N) is 1. The SMILES string of the molecule is C=CCC(N)C(=O)N(CCO)CCO. The molecule has 0 bridgehead atoms. The van der Waals surface area contributed by atoms with Crippen LogP contribution in [0.15, 0.2) is 12.7 Å². The molecule has 0 aliphatic carbocycles. The largest absolute Gasteiger partial charge is 0.395 e. The summed E-state index contributed by atoms with van der Waals surface area (Å²) >= 11 is 0. The van der Waals surface area contributed by atoms with E-state index in [4.69, 9.17) is 15.9 Å². The van der Waals surface area contributed by atoms with Crippen LogP contribution in [0.1, 0.15) is 6.42 Å². The number of rotatable bonds is 7. The van der Waals surface area contributed by atoms with E-state index in [-0.39, 0.29) is 32.2 Å². The molecule has 0 aromatic heterocycles. The minimum Gasteiger partial charge on any atom is -0.395 e. The molecule has 0 heterocycles. The first-order valence-electron chi connectivity index (χ1n) is 4.54. The second-order valence-electron chi connectivity index (χ2n) is 2.90. The standard InChI is InChI=1S/C9H18N2O3/c1-2-3-8(10)9(14)11(4-6-12)5-7-13/h2,8,12-13H,1,3-7,10H2. The van der Waals surface area contributed by atoms with Crippen molar-refractivity contribution in [3.05, 3.63) is 12.7 Å². The lowest BCUT2D eigenvalue weighted by molar-refractivity contribution is -0.133. The molecule has 4 N–H and O–H groups in total. The Morgan fingerprint density at radius 3 is 2.29 bits per heavy atom. The Balaban J connectivity index is 4.18. The van der Waals surface area contributed by atoms with E-state index < -0.39 is 6.04 Å². The third kappa shape index (κ3) is 4.36. The van der Waals surface area contributed by atoms with Crippen LogP contribution in [0.5, 0.6) is 0 Å². The van der Waals surface area contributed by atoms with Gasteiger partial charge >= 0.3 is 0 Å². The number of nitrogens with two attached hydrogens (primary N) is 1. The Kier molecular flexibility index (Phi) is 7.00. The maximum absolute atomic E-state index is 11.5. The van der Waals surface area contributed by atoms with E-state index in [1.54, 1.807) is 6.08 Å². The Bertz CT molecular complexity index is 179. The second kappa shape index (κ2) is 7.49. The average Bonchev–Trinajstić information content (AvgIpc) is 2.17. The van der Waals surface area contributed by atoms with E-state index in [9.17, 15) is 4.79 Å². The van der Waals surface area contributed by atoms with Crippen molar-refractivity contribution in [1.82, 2.24) is 4.90 Å². The molecule has 0 aromatic carbocycles. The van der Waals surface area contributed by atoms with Gasteiger partial charge in [-0.25, -0.2) is 0 Å². The fourth-order valence-electron chi connectivity index (χ4n) is 1.09. The van der Waals surface area contributed by atoms with E-state index in [0.717, 1.165) is 0 Å². The van der Waals surface area contributed by atoms with Gasteiger partial charge in [-0.15, -0.1) is 6.58 Å². The van der Waals surface area contributed by atoms with E-state index in [1.807, 2.05) is 0 Å². The highest BCUT2D eigenvalue weighted by Crippen LogP contribution is 1.97. The zero-order valence-electron chi connectivity index (χ0n) is 8.22. The molecule has 0 rings (SSSR count). The maximum Gasteiger partial charge on any atom is 0.239 e. The van der Waals surface area contributed by atoms with Crippen LogP contribution in [0.25, 0.3) is 0 Å². The molecule has 82 valence electrons. The summed E-state index contributed by atoms with van der Waals surface area (Å²) in [4.78, 5) is 12.9. The van der Waals surface area contributed by atoms with Crippen molar-refractivity contribution >= 4 is 5.91 Å². The summed E-state index contributed by atoms with van der Waals surface area (Å²) in [6.07, 6.45) is 1.96. The number of carbonyl (C=O) groups is 1. The van der Waals surface area contributed by atoms with Gasteiger partial charge < -0.3 is 20.8 Å². The van der Waals surface area contributed by atoms with Gasteiger partial charge in [-0.05, 0) is 6.42 Å². The summed E-state index contributed by atoms with van der Waals surface area (Å²) in [6.45, 7) is 3.62. The molecule has 0 saturated carbocycles. The van der Waals surface area contributed by atoms with Crippen molar-refractivity contribution in [3.63, 3.8) is 0 Å². The van der Waals surface area contributed by atoms with Crippen LogP contribution in [0.3, 0.4) is 0 Å². The summed E-state index contributed by atoms with van der Waals surface area (Å²) in [6, 6.07) is -0.634. The molecule has 14 heavy (non-hydrogen) atoms. The predicted octanol–water partition coefficient (Wildman–Crippen LogP) is -1.30. The number of hydrogen-bond acceptors (Lipinski definition) is 4. The molecular weight excluding hydrogens is 184 g/mol. The average molecular weight is 202 g/mol. The molecule has 0 spiro atoms. The van der Waals surface area contributed by atoms with Crippen molar-refractivity contribution in [1.29, 1.82) is 0 Å². The molecule has 1 unspecified atom stereocenters. The molecule has 5 heteroatoms. The van der Waals surface area contributed by atoms with E-state index in [0.29, 0.717) is 6.42 Å². The van der Waals surface area contributed by atoms with Crippen molar-refractivity contribution in [2.45, 2.75) is 12.5 Å². The minimum absolute atomic E-state index is 0.132. The monoisotopic (exact) mass is 202 g/mol. The highest BCUT2D eigenvalue weighted by Gasteiger charge is 2.18. The van der Waals surface area contributed by atoms with Gasteiger partial charge in [0.15, 0.2) is 0 Å². The Morgan fingerprint density at radius 2 is 1.93 bits per heavy atom. The first-order valence-corrected chi connectivity index (χ1v) is 4.54. The van der Waals surface area contributed by atoms with Gasteiger partial charge in [0, 0.05) is 13.1 Å². The highest BCUT2D eigenvalue weighted by atomic mass is 16.3. The zero-order valence-corrected chi connectivity index (χ0v) is 8.22. The van der Waals surface area contributed by atoms with Gasteiger partial charge in [-0.2, -0.15) is 0 Å². The van der Waals surface area contributed by atoms with E-state index in [1.165, 1.54) is 4.90 Å². The number of aliphatic hydroxyl groups is 2. The number of aliphatic hydroxyl groups excluding tert-OH is 2. The van der Waals surface area contributed by atoms with Crippen LogP contribution >= 0.6 is 0 Å². The quantitative estimate of drug-likeness (QED) is 0.448. The van der Waals surface area contributed by atoms with Crippen molar-refractivity contribution < 1.29 is 15.0 Å². The van der Waals surface area contributed by atoms with Gasteiger partial charge in [0.1, 0.15) is 0 Å². The van der Waals surface area contributed by atoms with Crippen LogP contribution in [0.2, 0.25) is 0 Å². The van der Waals surface area contributed by atoms with Crippen LogP contribution in [0.4, 0.5) is 0 Å². The predicted molar refractivity (Wildman–Crippen MR) is 53.5 cm³/mol. The zero-order chi connectivity index (χ0) is 11.0. The third-order valence-electron chi connectivity index (χ3n) is 1.79. The Labute approximate surface area is 83.8 Å². The van der Waals surface area contributed by atoms with Crippen molar-refractivity contribution in [3.8, 4) is 0 Å². The van der Waals surface area contributed by atoms with Gasteiger partial charge in [0.05, 0.1) is 19.3 Å². The second-order valence-corrected chi connectivity index (χ2v) is 2.90. The Morgan fingerprint density at radius 1 is 1.43 bits per heavy atom. The molecule has 0 radical (unpaired) electrons. The lowest BCUT2D eigenvalue weighted by Gasteiger charge is -2.23. The van der Waals surface area contributed by atoms with Crippen LogP contribution in [0, 0.1) is 0 Å². The van der Waals surface area contributed by atoms with Crippen molar-refractivity contribution in [2.24, 2.45) is 5.73 Å². The maximum atomic E-state index is 11.5. The van der Waals surface area contributed by atoms with Crippen molar-refractivity contribution in [2.75, 3.05) is 26.3 Å². The molecule has 0 aliphatic heterocycles. The first kappa shape index (κ1) is 13.1. The third-order valence-corrected chi connectivity index (χ3v) is 1.79. The fraction of sp³-hybridized carbons (Fsp3) is 0.667. The van der Waals surface area contributed by atoms with Gasteiger partial charge in [0.2, 0.25) is 5.91 Å². The molecule has 1 amide bonds. The van der Waals surface area contributed by atoms with E-state index >= 15 is 0 Å². The number of amides is 1. The molecule has 0 fully saturated rings. The molecule has 1 atom stereocenters. The summed E-state index contributed by atoms with van der Waals surface area (Å²) < 4.78 is 0. The fourth-order valence-corrected chi connectivity index (χ4v) is 1.09. The molecule has 0 aliphatic rings. The minimum atomic E-state index is -0.634. The highest BCUT2D eigenvalue weighted by molar-refractivity contribution is 5.81. The smallest absolute Gasteiger partial charge is 0.239 e. The molecule has 5 nitrogen and oxygen atoms in total. The summed E-state index contributed by atoms with van der Waals surface area (Å²) in [5, 5.41) is 17.4. The molecule has 0 aromatic rings. The van der Waals surface area contributed by atoms with Gasteiger partial charge in [-0.3, -0.25) is 4.79 Å². The van der Waals surface area contributed by atoms with Crippen LogP contribution in [-0.4, -0.2) is 53.4 Å². The summed E-state index contributed by atoms with van der Waals surface area (Å²) in [7, 11) is 0. The molecular formula is C9H18N2O3. The lowest BCUT2D eigenvalue weighted by atomic mass is 10.2. The topological polar surface area (TPSA) is 86.8 Å². The van der Waals surface area contributed by atoms with Gasteiger partial charge in [0.25, 0.3) is 0 Å². The van der Waals surface area contributed by atoms with Crippen LogP contribution in [-0.2, 0) is 4.79 Å². The summed E-state index contributed by atoms with van der Waals surface area (Å²) in [5.41, 5.74) is 5.56. The number of carbonyl (C=O) groups excluding carboxylic acids is 1. The van der Waals surface area contributed by atoms with Gasteiger partial charge in [-0.1, -0.05) is 6.08 Å². The summed E-state index contributed by atoms with van der Waals surface area (Å²) in [5.74, 6) is -0.270. The lowest BCUT2D eigenvalue weighted by Crippen LogP contribution is -2.45. The van der Waals surface area contributed by atoms with E-state index in [2.05, 4.69) is 6.58 Å². The normalized spacial score (nSPS) is 12.2.